The van der Waals surface area contributed by atoms with Crippen molar-refractivity contribution in [2.45, 2.75) is 32.6 Å². The molecule has 0 aromatic heterocycles. The van der Waals surface area contributed by atoms with Gasteiger partial charge in [-0.05, 0) is 89.0 Å². The van der Waals surface area contributed by atoms with Gasteiger partial charge in [-0.25, -0.2) is 0 Å². The molecule has 0 bridgehead atoms. The molecule has 0 saturated heterocycles. The molecule has 0 unspecified atom stereocenters. The van der Waals surface area contributed by atoms with Crippen molar-refractivity contribution in [2.24, 2.45) is 0 Å². The minimum Gasteiger partial charge on any atom is -0.492 e. The van der Waals surface area contributed by atoms with E-state index in [9.17, 15) is 9.59 Å². The quantitative estimate of drug-likeness (QED) is 0.202. The highest BCUT2D eigenvalue weighted by atomic mass is 79.9. The van der Waals surface area contributed by atoms with E-state index in [2.05, 4.69) is 38.8 Å². The van der Waals surface area contributed by atoms with E-state index in [0.717, 1.165) is 18.4 Å². The van der Waals surface area contributed by atoms with E-state index >= 15 is 0 Å². The van der Waals surface area contributed by atoms with Crippen molar-refractivity contribution in [3.8, 4) is 5.75 Å². The van der Waals surface area contributed by atoms with E-state index in [0.29, 0.717) is 46.6 Å². The molecule has 8 heteroatoms. The van der Waals surface area contributed by atoms with Gasteiger partial charge in [0, 0.05) is 23.4 Å². The van der Waals surface area contributed by atoms with Crippen LogP contribution in [0.1, 0.15) is 42.1 Å². The van der Waals surface area contributed by atoms with Crippen molar-refractivity contribution in [3.63, 3.8) is 0 Å². The van der Waals surface area contributed by atoms with E-state index < -0.39 is 0 Å². The molecule has 2 amide bonds. The van der Waals surface area contributed by atoms with Crippen LogP contribution in [-0.4, -0.2) is 23.5 Å². The highest BCUT2D eigenvalue weighted by Gasteiger charge is 2.11. The number of unbranched alkanes of at least 4 members (excludes halogenated alkanes) is 1. The fourth-order valence-corrected chi connectivity index (χ4v) is 3.89. The molecule has 0 aliphatic rings. The molecule has 3 aromatic rings. The van der Waals surface area contributed by atoms with Crippen LogP contribution < -0.4 is 20.7 Å². The number of ether oxygens (including phenoxy) is 1. The van der Waals surface area contributed by atoms with Gasteiger partial charge in [-0.1, -0.05) is 43.7 Å². The van der Waals surface area contributed by atoms with Crippen LogP contribution in [0, 0.1) is 0 Å². The summed E-state index contributed by atoms with van der Waals surface area (Å²) in [5, 5.41) is 8.72. The third kappa shape index (κ3) is 8.81. The lowest BCUT2D eigenvalue weighted by atomic mass is 10.1. The van der Waals surface area contributed by atoms with Crippen molar-refractivity contribution >= 4 is 56.4 Å². The first-order chi connectivity index (χ1) is 16.9. The molecule has 35 heavy (non-hydrogen) atoms. The molecular formula is C27H28BrN3O3S. The Morgan fingerprint density at radius 1 is 0.943 bits per heavy atom. The van der Waals surface area contributed by atoms with Crippen LogP contribution >= 0.6 is 28.1 Å². The number of hydrogen-bond donors (Lipinski definition) is 3. The van der Waals surface area contributed by atoms with Crippen molar-refractivity contribution < 1.29 is 14.3 Å². The number of carbonyl (C=O) groups is 2. The zero-order valence-corrected chi connectivity index (χ0v) is 21.9. The minimum absolute atomic E-state index is 0.0507. The normalized spacial score (nSPS) is 10.3. The molecular weight excluding hydrogens is 526 g/mol. The second kappa shape index (κ2) is 13.6. The molecule has 3 N–H and O–H groups in total. The monoisotopic (exact) mass is 553 g/mol. The van der Waals surface area contributed by atoms with E-state index in [1.807, 2.05) is 30.3 Å². The smallest absolute Gasteiger partial charge is 0.257 e. The summed E-state index contributed by atoms with van der Waals surface area (Å²) >= 11 is 8.73. The molecule has 6 nitrogen and oxygen atoms in total. The Kier molecular flexibility index (Phi) is 10.3. The summed E-state index contributed by atoms with van der Waals surface area (Å²) in [6.07, 6.45) is 3.11. The molecule has 3 rings (SSSR count). The van der Waals surface area contributed by atoms with Crippen molar-refractivity contribution in [3.05, 3.63) is 88.4 Å². The number of halogens is 1. The Hall–Kier alpha value is -3.23. The average molecular weight is 555 g/mol. The number of benzene rings is 3. The summed E-state index contributed by atoms with van der Waals surface area (Å²) in [4.78, 5) is 24.8. The largest absolute Gasteiger partial charge is 0.492 e. The molecule has 0 atom stereocenters. The van der Waals surface area contributed by atoms with Crippen LogP contribution in [0.2, 0.25) is 0 Å². The first-order valence-electron chi connectivity index (χ1n) is 11.4. The lowest BCUT2D eigenvalue weighted by Gasteiger charge is -2.12. The molecule has 182 valence electrons. The summed E-state index contributed by atoms with van der Waals surface area (Å²) in [6.45, 7) is 2.73. The van der Waals surface area contributed by atoms with Gasteiger partial charge in [-0.15, -0.1) is 0 Å². The zero-order valence-electron chi connectivity index (χ0n) is 19.5. The third-order valence-corrected chi connectivity index (χ3v) is 5.91. The lowest BCUT2D eigenvalue weighted by Crippen LogP contribution is -2.34. The third-order valence-electron chi connectivity index (χ3n) is 5.09. The summed E-state index contributed by atoms with van der Waals surface area (Å²) in [6, 6.07) is 22.2. The molecule has 0 spiro atoms. The Bertz CT molecular complexity index is 1150. The van der Waals surface area contributed by atoms with Gasteiger partial charge in [0.05, 0.1) is 11.1 Å². The Balaban J connectivity index is 1.46. The number of thiocarbonyl (C=S) groups is 1. The number of rotatable bonds is 10. The summed E-state index contributed by atoms with van der Waals surface area (Å²) in [5.41, 5.74) is 2.96. The number of anilines is 2. The first-order valence-corrected chi connectivity index (χ1v) is 12.6. The van der Waals surface area contributed by atoms with E-state index in [4.69, 9.17) is 17.0 Å². The highest BCUT2D eigenvalue weighted by Crippen LogP contribution is 2.26. The van der Waals surface area contributed by atoms with Crippen LogP contribution in [0.4, 0.5) is 11.4 Å². The summed E-state index contributed by atoms with van der Waals surface area (Å²) in [7, 11) is 0. The average Bonchev–Trinajstić information content (AvgIpc) is 2.85. The van der Waals surface area contributed by atoms with Gasteiger partial charge in [0.1, 0.15) is 5.75 Å². The van der Waals surface area contributed by atoms with Crippen LogP contribution in [0.25, 0.3) is 0 Å². The van der Waals surface area contributed by atoms with Crippen molar-refractivity contribution in [1.82, 2.24) is 5.32 Å². The van der Waals surface area contributed by atoms with Gasteiger partial charge in [0.15, 0.2) is 5.11 Å². The van der Waals surface area contributed by atoms with Gasteiger partial charge >= 0.3 is 0 Å². The topological polar surface area (TPSA) is 79.5 Å². The number of hydrogen-bond acceptors (Lipinski definition) is 4. The fourth-order valence-electron chi connectivity index (χ4n) is 3.19. The molecule has 0 aliphatic heterocycles. The second-order valence-corrected chi connectivity index (χ2v) is 9.13. The van der Waals surface area contributed by atoms with Crippen LogP contribution in [0.5, 0.6) is 5.75 Å². The van der Waals surface area contributed by atoms with Gasteiger partial charge in [-0.2, -0.15) is 0 Å². The van der Waals surface area contributed by atoms with E-state index in [1.165, 1.54) is 0 Å². The molecule has 0 saturated carbocycles. The Labute approximate surface area is 219 Å². The van der Waals surface area contributed by atoms with Crippen molar-refractivity contribution in [1.29, 1.82) is 0 Å². The highest BCUT2D eigenvalue weighted by molar-refractivity contribution is 9.10. The van der Waals surface area contributed by atoms with Crippen LogP contribution in [0.15, 0.2) is 77.3 Å². The van der Waals surface area contributed by atoms with E-state index in [1.54, 1.807) is 42.5 Å². The molecule has 0 fully saturated rings. The van der Waals surface area contributed by atoms with Gasteiger partial charge < -0.3 is 15.4 Å². The van der Waals surface area contributed by atoms with E-state index in [-0.39, 0.29) is 16.9 Å². The lowest BCUT2D eigenvalue weighted by molar-refractivity contribution is -0.116. The van der Waals surface area contributed by atoms with Gasteiger partial charge in [0.2, 0.25) is 5.91 Å². The summed E-state index contributed by atoms with van der Waals surface area (Å²) in [5.74, 6) is 0.318. The predicted octanol–water partition coefficient (Wildman–Crippen LogP) is 6.33. The number of amides is 2. The van der Waals surface area contributed by atoms with Crippen LogP contribution in [0.3, 0.4) is 0 Å². The minimum atomic E-state index is -0.328. The zero-order chi connectivity index (χ0) is 25.0. The van der Waals surface area contributed by atoms with Crippen molar-refractivity contribution in [2.75, 3.05) is 17.2 Å². The second-order valence-electron chi connectivity index (χ2n) is 7.87. The maximum Gasteiger partial charge on any atom is 0.257 e. The number of carbonyl (C=O) groups excluding carboxylic acids is 2. The van der Waals surface area contributed by atoms with Gasteiger partial charge in [0.25, 0.3) is 5.91 Å². The predicted molar refractivity (Wildman–Crippen MR) is 148 cm³/mol. The first kappa shape index (κ1) is 26.4. The molecule has 3 aromatic carbocycles. The summed E-state index contributed by atoms with van der Waals surface area (Å²) < 4.78 is 6.41. The Morgan fingerprint density at radius 3 is 2.29 bits per heavy atom. The number of nitrogens with one attached hydrogen (secondary N) is 3. The maximum atomic E-state index is 12.6. The Morgan fingerprint density at radius 2 is 1.63 bits per heavy atom. The fraction of sp³-hybridized carbons (Fsp3) is 0.222. The van der Waals surface area contributed by atoms with Gasteiger partial charge in [-0.3, -0.25) is 14.9 Å². The van der Waals surface area contributed by atoms with Crippen LogP contribution in [-0.2, 0) is 11.2 Å². The molecule has 0 heterocycles. The molecule has 0 radical (unpaired) electrons. The molecule has 0 aliphatic carbocycles. The number of aryl methyl sites for hydroxylation is 1. The SMILES string of the molecule is CCCCOc1ccc(C(=O)NC(=S)Nc2ccc(NC(=O)CCc3ccccc3)cc2)cc1Br. The maximum absolute atomic E-state index is 12.6. The standard InChI is InChI=1S/C27H28BrN3O3S/c1-2-3-17-34-24-15-10-20(18-23(24)28)26(33)31-27(35)30-22-13-11-21(12-14-22)29-25(32)16-9-19-7-5-4-6-8-19/h4-8,10-15,18H,2-3,9,16-17H2,1H3,(H,29,32)(H2,30,31,33,35).